The van der Waals surface area contributed by atoms with Crippen molar-refractivity contribution in [2.45, 2.75) is 13.5 Å². The number of nitro groups is 1. The average Bonchev–Trinajstić information content (AvgIpc) is 2.90. The maximum atomic E-state index is 11.1. The third-order valence-corrected chi connectivity index (χ3v) is 3.18. The third-order valence-electron chi connectivity index (χ3n) is 3.18. The summed E-state index contributed by atoms with van der Waals surface area (Å²) in [6.07, 6.45) is 1.53. The number of anilines is 1. The van der Waals surface area contributed by atoms with Crippen LogP contribution in [0.15, 0.2) is 34.9 Å². The molecular formula is C14H14N2O5. The molecule has 0 aliphatic heterocycles. The number of carboxylic acids is 1. The molecular weight excluding hydrogens is 276 g/mol. The van der Waals surface area contributed by atoms with E-state index in [1.807, 2.05) is 0 Å². The summed E-state index contributed by atoms with van der Waals surface area (Å²) in [5.74, 6) is -0.522. The fourth-order valence-corrected chi connectivity index (χ4v) is 2.12. The Balaban J connectivity index is 2.45. The van der Waals surface area contributed by atoms with Crippen LogP contribution in [0.4, 0.5) is 11.4 Å². The van der Waals surface area contributed by atoms with E-state index in [0.717, 1.165) is 6.07 Å². The van der Waals surface area contributed by atoms with Crippen LogP contribution in [-0.4, -0.2) is 23.0 Å². The van der Waals surface area contributed by atoms with Gasteiger partial charge in [-0.1, -0.05) is 0 Å². The van der Waals surface area contributed by atoms with E-state index in [0.29, 0.717) is 23.6 Å². The zero-order chi connectivity index (χ0) is 15.6. The maximum Gasteiger partial charge on any atom is 0.336 e. The molecule has 21 heavy (non-hydrogen) atoms. The Morgan fingerprint density at radius 3 is 2.71 bits per heavy atom. The molecule has 1 N–H and O–H groups in total. The van der Waals surface area contributed by atoms with Crippen LogP contribution in [0.25, 0.3) is 0 Å². The second-order valence-electron chi connectivity index (χ2n) is 4.64. The number of aromatic carboxylic acids is 1. The molecule has 0 aliphatic carbocycles. The lowest BCUT2D eigenvalue weighted by Crippen LogP contribution is -2.18. The SMILES string of the molecule is Cc1c(N(C)Cc2ccco2)cc(C(=O)O)cc1[N+](=O)[O-]. The van der Waals surface area contributed by atoms with Crippen LogP contribution in [0.3, 0.4) is 0 Å². The fraction of sp³-hybridized carbons (Fsp3) is 0.214. The largest absolute Gasteiger partial charge is 0.478 e. The minimum absolute atomic E-state index is 0.117. The molecule has 110 valence electrons. The topological polar surface area (TPSA) is 96.8 Å². The van der Waals surface area contributed by atoms with Crippen molar-refractivity contribution >= 4 is 17.3 Å². The van der Waals surface area contributed by atoms with Gasteiger partial charge in [-0.25, -0.2) is 4.79 Å². The van der Waals surface area contributed by atoms with E-state index < -0.39 is 10.9 Å². The molecule has 2 aromatic rings. The van der Waals surface area contributed by atoms with Gasteiger partial charge in [-0.15, -0.1) is 0 Å². The van der Waals surface area contributed by atoms with Crippen LogP contribution < -0.4 is 4.90 Å². The first-order valence-corrected chi connectivity index (χ1v) is 6.16. The lowest BCUT2D eigenvalue weighted by Gasteiger charge is -2.20. The van der Waals surface area contributed by atoms with Gasteiger partial charge in [-0.3, -0.25) is 10.1 Å². The summed E-state index contributed by atoms with van der Waals surface area (Å²) in [6, 6.07) is 6.02. The number of nitrogens with zero attached hydrogens (tertiary/aromatic N) is 2. The van der Waals surface area contributed by atoms with Gasteiger partial charge in [0.1, 0.15) is 5.76 Å². The van der Waals surface area contributed by atoms with E-state index >= 15 is 0 Å². The molecule has 0 saturated carbocycles. The zero-order valence-electron chi connectivity index (χ0n) is 11.6. The predicted molar refractivity (Wildman–Crippen MR) is 75.6 cm³/mol. The standard InChI is InChI=1S/C14H14N2O5/c1-9-12(15(2)8-11-4-3-5-21-11)6-10(14(17)18)7-13(9)16(19)20/h3-7H,8H2,1-2H3,(H,17,18). The number of furan rings is 1. The Bertz CT molecular complexity index is 679. The van der Waals surface area contributed by atoms with E-state index in [1.165, 1.54) is 12.3 Å². The van der Waals surface area contributed by atoms with Crippen molar-refractivity contribution in [3.8, 4) is 0 Å². The number of carbonyl (C=O) groups is 1. The van der Waals surface area contributed by atoms with Gasteiger partial charge >= 0.3 is 5.97 Å². The number of benzene rings is 1. The zero-order valence-corrected chi connectivity index (χ0v) is 11.6. The molecule has 0 spiro atoms. The van der Waals surface area contributed by atoms with Crippen molar-refractivity contribution in [1.29, 1.82) is 0 Å². The molecule has 0 amide bonds. The van der Waals surface area contributed by atoms with Gasteiger partial charge < -0.3 is 14.4 Å². The van der Waals surface area contributed by atoms with Crippen molar-refractivity contribution in [3.05, 3.63) is 57.5 Å². The lowest BCUT2D eigenvalue weighted by atomic mass is 10.1. The molecule has 0 fully saturated rings. The Kier molecular flexibility index (Phi) is 3.93. The molecule has 0 radical (unpaired) electrons. The summed E-state index contributed by atoms with van der Waals surface area (Å²) in [7, 11) is 1.72. The maximum absolute atomic E-state index is 11.1. The Morgan fingerprint density at radius 2 is 2.19 bits per heavy atom. The van der Waals surface area contributed by atoms with Crippen LogP contribution in [0, 0.1) is 17.0 Å². The van der Waals surface area contributed by atoms with Crippen molar-refractivity contribution in [3.63, 3.8) is 0 Å². The van der Waals surface area contributed by atoms with Crippen molar-refractivity contribution in [2.24, 2.45) is 0 Å². The summed E-state index contributed by atoms with van der Waals surface area (Å²) in [4.78, 5) is 23.3. The van der Waals surface area contributed by atoms with Crippen LogP contribution in [-0.2, 0) is 6.54 Å². The summed E-state index contributed by atoms with van der Waals surface area (Å²) < 4.78 is 5.23. The molecule has 0 atom stereocenters. The molecule has 0 unspecified atom stereocenters. The molecule has 1 aromatic heterocycles. The first-order chi connectivity index (χ1) is 9.90. The van der Waals surface area contributed by atoms with E-state index in [2.05, 4.69) is 0 Å². The van der Waals surface area contributed by atoms with Gasteiger partial charge in [-0.2, -0.15) is 0 Å². The number of hydrogen-bond acceptors (Lipinski definition) is 5. The summed E-state index contributed by atoms with van der Waals surface area (Å²) in [5, 5.41) is 20.1. The van der Waals surface area contributed by atoms with Gasteiger partial charge in [0.15, 0.2) is 0 Å². The number of nitro benzene ring substituents is 1. The van der Waals surface area contributed by atoms with Gasteiger partial charge in [0.05, 0.1) is 28.9 Å². The molecule has 1 aromatic carbocycles. The smallest absolute Gasteiger partial charge is 0.336 e. The van der Waals surface area contributed by atoms with Gasteiger partial charge in [-0.05, 0) is 25.1 Å². The Labute approximate surface area is 120 Å². The van der Waals surface area contributed by atoms with Crippen LogP contribution in [0.1, 0.15) is 21.7 Å². The summed E-state index contributed by atoms with van der Waals surface area (Å²) in [5.41, 5.74) is 0.571. The second-order valence-corrected chi connectivity index (χ2v) is 4.64. The first-order valence-electron chi connectivity index (χ1n) is 6.16. The highest BCUT2D eigenvalue weighted by atomic mass is 16.6. The summed E-state index contributed by atoms with van der Waals surface area (Å²) in [6.45, 7) is 1.98. The molecule has 1 heterocycles. The highest BCUT2D eigenvalue weighted by Crippen LogP contribution is 2.30. The lowest BCUT2D eigenvalue weighted by molar-refractivity contribution is -0.385. The van der Waals surface area contributed by atoms with Gasteiger partial charge in [0.2, 0.25) is 0 Å². The van der Waals surface area contributed by atoms with Gasteiger partial charge in [0, 0.05) is 18.8 Å². The molecule has 2 rings (SSSR count). The quantitative estimate of drug-likeness (QED) is 0.671. The number of carboxylic acid groups (broad SMARTS) is 1. The molecule has 0 bridgehead atoms. The highest BCUT2D eigenvalue weighted by Gasteiger charge is 2.21. The average molecular weight is 290 g/mol. The third kappa shape index (κ3) is 3.02. The molecule has 7 heteroatoms. The molecule has 0 aliphatic rings. The first kappa shape index (κ1) is 14.6. The van der Waals surface area contributed by atoms with Crippen molar-refractivity contribution < 1.29 is 19.2 Å². The van der Waals surface area contributed by atoms with Crippen molar-refractivity contribution in [1.82, 2.24) is 0 Å². The van der Waals surface area contributed by atoms with Crippen LogP contribution >= 0.6 is 0 Å². The van der Waals surface area contributed by atoms with E-state index in [4.69, 9.17) is 9.52 Å². The fourth-order valence-electron chi connectivity index (χ4n) is 2.12. The Hall–Kier alpha value is -2.83. The van der Waals surface area contributed by atoms with Crippen molar-refractivity contribution in [2.75, 3.05) is 11.9 Å². The van der Waals surface area contributed by atoms with E-state index in [1.54, 1.807) is 31.0 Å². The second kappa shape index (κ2) is 5.66. The number of hydrogen-bond donors (Lipinski definition) is 1. The minimum atomic E-state index is -1.20. The van der Waals surface area contributed by atoms with Crippen LogP contribution in [0.2, 0.25) is 0 Å². The Morgan fingerprint density at radius 1 is 1.48 bits per heavy atom. The van der Waals surface area contributed by atoms with Gasteiger partial charge in [0.25, 0.3) is 5.69 Å². The van der Waals surface area contributed by atoms with Crippen LogP contribution in [0.5, 0.6) is 0 Å². The predicted octanol–water partition coefficient (Wildman–Crippen LogP) is 2.83. The monoisotopic (exact) mass is 290 g/mol. The normalized spacial score (nSPS) is 10.4. The molecule has 7 nitrogen and oxygen atoms in total. The molecule has 0 saturated heterocycles. The number of rotatable bonds is 5. The van der Waals surface area contributed by atoms with E-state index in [9.17, 15) is 14.9 Å². The summed E-state index contributed by atoms with van der Waals surface area (Å²) >= 11 is 0. The highest BCUT2D eigenvalue weighted by molar-refractivity contribution is 5.90. The van der Waals surface area contributed by atoms with E-state index in [-0.39, 0.29) is 11.3 Å². The minimum Gasteiger partial charge on any atom is -0.478 e.